The van der Waals surface area contributed by atoms with Gasteiger partial charge < -0.3 is 10.6 Å². The number of anilines is 1. The normalized spacial score (nSPS) is 13.5. The molecule has 1 fully saturated rings. The minimum Gasteiger partial charge on any atom is -0.350 e. The van der Waals surface area contributed by atoms with Crippen molar-refractivity contribution in [3.8, 4) is 0 Å². The summed E-state index contributed by atoms with van der Waals surface area (Å²) in [5.41, 5.74) is 2.03. The molecule has 7 nitrogen and oxygen atoms in total. The number of thiophene rings is 1. The van der Waals surface area contributed by atoms with Crippen molar-refractivity contribution in [3.05, 3.63) is 58.0 Å². The van der Waals surface area contributed by atoms with Crippen LogP contribution in [0.25, 0.3) is 10.2 Å². The summed E-state index contributed by atoms with van der Waals surface area (Å²) in [6.45, 7) is 0.229. The molecule has 0 radical (unpaired) electrons. The predicted octanol–water partition coefficient (Wildman–Crippen LogP) is 2.12. The minimum absolute atomic E-state index is 0.0482. The molecule has 1 aliphatic rings. The first-order valence-corrected chi connectivity index (χ1v) is 9.57. The molecule has 1 saturated carbocycles. The fourth-order valence-electron chi connectivity index (χ4n) is 2.75. The van der Waals surface area contributed by atoms with Crippen molar-refractivity contribution in [1.29, 1.82) is 0 Å². The highest BCUT2D eigenvalue weighted by atomic mass is 32.1. The Labute approximate surface area is 159 Å². The Balaban J connectivity index is 1.36. The number of nitrogens with zero attached hydrogens (tertiary/aromatic N) is 2. The molecular formula is C19H18N4O3S. The summed E-state index contributed by atoms with van der Waals surface area (Å²) in [5.74, 6) is -0.0878. The lowest BCUT2D eigenvalue weighted by atomic mass is 10.2. The fraction of sp³-hybridized carbons (Fsp3) is 0.263. The average Bonchev–Trinajstić information content (AvgIpc) is 3.40. The van der Waals surface area contributed by atoms with Crippen molar-refractivity contribution in [2.45, 2.75) is 25.9 Å². The zero-order valence-electron chi connectivity index (χ0n) is 14.5. The standard InChI is InChI=1S/C19H18N4O3S/c24-16(10-23-11-21-15-6-7-27-17(15)19(23)26)20-9-12-2-1-3-14(8-12)22-18(25)13-4-5-13/h1-3,6-8,11,13H,4-5,9-10H2,(H,20,24)(H,22,25). The largest absolute Gasteiger partial charge is 0.350 e. The number of amides is 2. The lowest BCUT2D eigenvalue weighted by molar-refractivity contribution is -0.122. The summed E-state index contributed by atoms with van der Waals surface area (Å²) in [6.07, 6.45) is 3.30. The van der Waals surface area contributed by atoms with E-state index in [9.17, 15) is 14.4 Å². The minimum atomic E-state index is -0.276. The molecular weight excluding hydrogens is 364 g/mol. The topological polar surface area (TPSA) is 93.1 Å². The van der Waals surface area contributed by atoms with Gasteiger partial charge >= 0.3 is 0 Å². The molecule has 0 bridgehead atoms. The Kier molecular flexibility index (Phi) is 4.72. The molecule has 2 amide bonds. The van der Waals surface area contributed by atoms with E-state index in [-0.39, 0.29) is 29.8 Å². The lowest BCUT2D eigenvalue weighted by Gasteiger charge is -2.09. The van der Waals surface area contributed by atoms with Gasteiger partial charge in [0.2, 0.25) is 11.8 Å². The average molecular weight is 382 g/mol. The van der Waals surface area contributed by atoms with Crippen LogP contribution in [0.2, 0.25) is 0 Å². The van der Waals surface area contributed by atoms with Crippen LogP contribution in [-0.2, 0) is 22.7 Å². The molecule has 1 aliphatic carbocycles. The predicted molar refractivity (Wildman–Crippen MR) is 104 cm³/mol. The molecule has 2 aromatic heterocycles. The van der Waals surface area contributed by atoms with Crippen LogP contribution in [0.15, 0.2) is 46.8 Å². The second kappa shape index (κ2) is 7.32. The Morgan fingerprint density at radius 1 is 1.26 bits per heavy atom. The number of benzene rings is 1. The Bertz CT molecular complexity index is 1070. The van der Waals surface area contributed by atoms with Gasteiger partial charge in [0, 0.05) is 18.2 Å². The molecule has 8 heteroatoms. The van der Waals surface area contributed by atoms with Crippen LogP contribution in [0.4, 0.5) is 5.69 Å². The van der Waals surface area contributed by atoms with E-state index in [1.54, 1.807) is 11.4 Å². The maximum atomic E-state index is 12.3. The first-order chi connectivity index (χ1) is 13.1. The number of fused-ring (bicyclic) bond motifs is 1. The third-order valence-corrected chi connectivity index (χ3v) is 5.27. The van der Waals surface area contributed by atoms with E-state index in [0.29, 0.717) is 16.8 Å². The molecule has 2 heterocycles. The van der Waals surface area contributed by atoms with E-state index in [1.807, 2.05) is 24.3 Å². The van der Waals surface area contributed by atoms with Crippen molar-refractivity contribution in [1.82, 2.24) is 14.9 Å². The van der Waals surface area contributed by atoms with Gasteiger partial charge in [-0.1, -0.05) is 12.1 Å². The van der Waals surface area contributed by atoms with E-state index in [4.69, 9.17) is 0 Å². The van der Waals surface area contributed by atoms with Gasteiger partial charge in [-0.05, 0) is 42.0 Å². The highest BCUT2D eigenvalue weighted by Crippen LogP contribution is 2.30. The molecule has 2 N–H and O–H groups in total. The quantitative estimate of drug-likeness (QED) is 0.683. The summed E-state index contributed by atoms with van der Waals surface area (Å²) in [5, 5.41) is 7.49. The van der Waals surface area contributed by atoms with Crippen LogP contribution in [0.1, 0.15) is 18.4 Å². The number of carbonyl (C=O) groups is 2. The molecule has 0 saturated heterocycles. The maximum Gasteiger partial charge on any atom is 0.271 e. The monoisotopic (exact) mass is 382 g/mol. The molecule has 0 atom stereocenters. The third kappa shape index (κ3) is 4.06. The van der Waals surface area contributed by atoms with Crippen LogP contribution in [0.5, 0.6) is 0 Å². The van der Waals surface area contributed by atoms with Gasteiger partial charge in [-0.25, -0.2) is 4.98 Å². The molecule has 0 unspecified atom stereocenters. The van der Waals surface area contributed by atoms with Crippen LogP contribution in [0.3, 0.4) is 0 Å². The van der Waals surface area contributed by atoms with Crippen molar-refractivity contribution in [2.75, 3.05) is 5.32 Å². The highest BCUT2D eigenvalue weighted by molar-refractivity contribution is 7.17. The summed E-state index contributed by atoms with van der Waals surface area (Å²) in [6, 6.07) is 9.15. The lowest BCUT2D eigenvalue weighted by Crippen LogP contribution is -2.31. The summed E-state index contributed by atoms with van der Waals surface area (Å²) in [4.78, 5) is 40.6. The summed E-state index contributed by atoms with van der Waals surface area (Å²) < 4.78 is 1.85. The van der Waals surface area contributed by atoms with Crippen LogP contribution < -0.4 is 16.2 Å². The number of nitrogens with one attached hydrogen (secondary N) is 2. The second-order valence-electron chi connectivity index (χ2n) is 6.55. The van der Waals surface area contributed by atoms with Gasteiger partial charge in [-0.2, -0.15) is 0 Å². The number of rotatable bonds is 6. The molecule has 0 spiro atoms. The van der Waals surface area contributed by atoms with Crippen LogP contribution in [-0.4, -0.2) is 21.4 Å². The molecule has 27 heavy (non-hydrogen) atoms. The number of hydrogen-bond acceptors (Lipinski definition) is 5. The molecule has 4 rings (SSSR count). The molecule has 138 valence electrons. The Morgan fingerprint density at radius 2 is 2.11 bits per heavy atom. The third-order valence-electron chi connectivity index (χ3n) is 4.38. The van der Waals surface area contributed by atoms with E-state index < -0.39 is 0 Å². The zero-order chi connectivity index (χ0) is 18.8. The van der Waals surface area contributed by atoms with Gasteiger partial charge in [0.25, 0.3) is 5.56 Å². The number of aromatic nitrogens is 2. The number of carbonyl (C=O) groups excluding carboxylic acids is 2. The van der Waals surface area contributed by atoms with Crippen molar-refractivity contribution < 1.29 is 9.59 Å². The van der Waals surface area contributed by atoms with E-state index in [1.165, 1.54) is 22.2 Å². The van der Waals surface area contributed by atoms with Crippen LogP contribution >= 0.6 is 11.3 Å². The van der Waals surface area contributed by atoms with Crippen molar-refractivity contribution >= 4 is 39.1 Å². The Hall–Kier alpha value is -3.00. The van der Waals surface area contributed by atoms with E-state index in [0.717, 1.165) is 24.1 Å². The fourth-order valence-corrected chi connectivity index (χ4v) is 3.54. The number of hydrogen-bond donors (Lipinski definition) is 2. The van der Waals surface area contributed by atoms with Crippen LogP contribution in [0, 0.1) is 5.92 Å². The zero-order valence-corrected chi connectivity index (χ0v) is 15.3. The Morgan fingerprint density at radius 3 is 2.93 bits per heavy atom. The van der Waals surface area contributed by atoms with E-state index in [2.05, 4.69) is 15.6 Å². The van der Waals surface area contributed by atoms with Gasteiger partial charge in [-0.3, -0.25) is 19.0 Å². The first-order valence-electron chi connectivity index (χ1n) is 8.69. The highest BCUT2D eigenvalue weighted by Gasteiger charge is 2.29. The van der Waals surface area contributed by atoms with Gasteiger partial charge in [0.1, 0.15) is 11.2 Å². The molecule has 0 aliphatic heterocycles. The van der Waals surface area contributed by atoms with Gasteiger partial charge in [-0.15, -0.1) is 11.3 Å². The molecule has 1 aromatic carbocycles. The smallest absolute Gasteiger partial charge is 0.271 e. The summed E-state index contributed by atoms with van der Waals surface area (Å²) >= 11 is 1.32. The van der Waals surface area contributed by atoms with Crippen molar-refractivity contribution in [2.24, 2.45) is 5.92 Å². The summed E-state index contributed by atoms with van der Waals surface area (Å²) in [7, 11) is 0. The SMILES string of the molecule is O=C(Cn1cnc2ccsc2c1=O)NCc1cccc(NC(=O)C2CC2)c1. The van der Waals surface area contributed by atoms with Gasteiger partial charge in [0.15, 0.2) is 0 Å². The van der Waals surface area contributed by atoms with Crippen molar-refractivity contribution in [3.63, 3.8) is 0 Å². The van der Waals surface area contributed by atoms with E-state index >= 15 is 0 Å². The molecule has 3 aromatic rings. The first kappa shape index (κ1) is 17.4. The second-order valence-corrected chi connectivity index (χ2v) is 7.47. The van der Waals surface area contributed by atoms with Gasteiger partial charge in [0.05, 0.1) is 11.8 Å². The maximum absolute atomic E-state index is 12.3.